The quantitative estimate of drug-likeness (QED) is 0.921. The topological polar surface area (TPSA) is 42.3 Å². The van der Waals surface area contributed by atoms with Crippen molar-refractivity contribution in [2.45, 2.75) is 58.2 Å². The van der Waals surface area contributed by atoms with Gasteiger partial charge in [0.05, 0.1) is 24.4 Å². The van der Waals surface area contributed by atoms with E-state index in [1.165, 1.54) is 37.1 Å². The maximum Gasteiger partial charge on any atom is 0.131 e. The predicted molar refractivity (Wildman–Crippen MR) is 84.7 cm³/mol. The Morgan fingerprint density at radius 3 is 2.95 bits per heavy atom. The molecule has 1 aliphatic carbocycles. The summed E-state index contributed by atoms with van der Waals surface area (Å²) in [6, 6.07) is 0.530. The monoisotopic (exact) mass is 292 g/mol. The lowest BCUT2D eigenvalue weighted by Crippen LogP contribution is -2.53. The van der Waals surface area contributed by atoms with Crippen LogP contribution in [0, 0.1) is 6.92 Å². The van der Waals surface area contributed by atoms with E-state index in [9.17, 15) is 0 Å². The van der Waals surface area contributed by atoms with Gasteiger partial charge >= 0.3 is 0 Å². The molecule has 0 radical (unpaired) electrons. The molecular formula is C16H28N4O. The van der Waals surface area contributed by atoms with Gasteiger partial charge in [0.1, 0.15) is 5.82 Å². The van der Waals surface area contributed by atoms with Crippen molar-refractivity contribution in [3.8, 4) is 0 Å². The Hall–Kier alpha value is -1.07. The van der Waals surface area contributed by atoms with Crippen LogP contribution >= 0.6 is 0 Å². The number of hydrogen-bond donors (Lipinski definition) is 1. The normalized spacial score (nSPS) is 26.0. The maximum atomic E-state index is 6.01. The molecule has 0 bridgehead atoms. The number of nitrogens with one attached hydrogen (secondary N) is 1. The minimum absolute atomic E-state index is 0.412. The van der Waals surface area contributed by atoms with Crippen molar-refractivity contribution in [3.05, 3.63) is 11.3 Å². The summed E-state index contributed by atoms with van der Waals surface area (Å²) in [6.07, 6.45) is 5.50. The number of aromatic nitrogens is 2. The molecule has 0 spiro atoms. The fraction of sp³-hybridized carbons (Fsp3) is 0.812. The van der Waals surface area contributed by atoms with Crippen molar-refractivity contribution in [3.63, 3.8) is 0 Å². The van der Waals surface area contributed by atoms with Gasteiger partial charge < -0.3 is 15.0 Å². The van der Waals surface area contributed by atoms with Gasteiger partial charge in [-0.15, -0.1) is 0 Å². The second-order valence-corrected chi connectivity index (χ2v) is 6.25. The van der Waals surface area contributed by atoms with Crippen molar-refractivity contribution in [2.75, 3.05) is 24.6 Å². The number of hydrogen-bond acceptors (Lipinski definition) is 4. The molecule has 2 fully saturated rings. The number of morpholine rings is 1. The average molecular weight is 292 g/mol. The molecule has 0 aromatic carbocycles. The summed E-state index contributed by atoms with van der Waals surface area (Å²) in [7, 11) is 2.07. The minimum atomic E-state index is 0.412. The minimum Gasteiger partial charge on any atom is -0.374 e. The van der Waals surface area contributed by atoms with E-state index >= 15 is 0 Å². The third kappa shape index (κ3) is 2.81. The Kier molecular flexibility index (Phi) is 4.50. The van der Waals surface area contributed by atoms with E-state index in [4.69, 9.17) is 4.74 Å². The summed E-state index contributed by atoms with van der Waals surface area (Å²) in [5.74, 6) is 1.30. The zero-order valence-electron chi connectivity index (χ0n) is 13.6. The highest BCUT2D eigenvalue weighted by Crippen LogP contribution is 2.34. The molecular weight excluding hydrogens is 264 g/mol. The lowest BCUT2D eigenvalue weighted by molar-refractivity contribution is -0.00930. The highest BCUT2D eigenvalue weighted by molar-refractivity contribution is 5.52. The van der Waals surface area contributed by atoms with Crippen LogP contribution in [-0.4, -0.2) is 41.6 Å². The Morgan fingerprint density at radius 2 is 2.14 bits per heavy atom. The van der Waals surface area contributed by atoms with Gasteiger partial charge in [0.25, 0.3) is 0 Å². The molecule has 5 heteroatoms. The second-order valence-electron chi connectivity index (χ2n) is 6.25. The smallest absolute Gasteiger partial charge is 0.131 e. The van der Waals surface area contributed by atoms with Crippen LogP contribution in [0.25, 0.3) is 0 Å². The van der Waals surface area contributed by atoms with Crippen LogP contribution in [0.3, 0.4) is 0 Å². The number of aryl methyl sites for hydroxylation is 2. The SMILES string of the molecule is CCNCc1c(C)nn(C)c1N1CCOC2CCCCC21. The molecule has 1 N–H and O–H groups in total. The predicted octanol–water partition coefficient (Wildman–Crippen LogP) is 1.99. The Bertz CT molecular complexity index is 483. The van der Waals surface area contributed by atoms with Gasteiger partial charge in [-0.05, 0) is 26.3 Å². The van der Waals surface area contributed by atoms with Crippen LogP contribution < -0.4 is 10.2 Å². The van der Waals surface area contributed by atoms with Crippen LogP contribution in [0.2, 0.25) is 0 Å². The van der Waals surface area contributed by atoms with E-state index in [1.54, 1.807) is 0 Å². The van der Waals surface area contributed by atoms with Gasteiger partial charge in [-0.25, -0.2) is 0 Å². The summed E-state index contributed by atoms with van der Waals surface area (Å²) >= 11 is 0. The number of ether oxygens (including phenoxy) is 1. The van der Waals surface area contributed by atoms with Crippen molar-refractivity contribution in [1.82, 2.24) is 15.1 Å². The zero-order chi connectivity index (χ0) is 14.8. The van der Waals surface area contributed by atoms with Crippen molar-refractivity contribution < 1.29 is 4.74 Å². The Labute approximate surface area is 127 Å². The molecule has 2 heterocycles. The fourth-order valence-electron chi connectivity index (χ4n) is 3.87. The van der Waals surface area contributed by atoms with E-state index in [0.717, 1.165) is 31.9 Å². The molecule has 1 aromatic heterocycles. The summed E-state index contributed by atoms with van der Waals surface area (Å²) in [6.45, 7) is 7.99. The molecule has 0 amide bonds. The number of anilines is 1. The van der Waals surface area contributed by atoms with Gasteiger partial charge in [-0.3, -0.25) is 4.68 Å². The van der Waals surface area contributed by atoms with Crippen molar-refractivity contribution in [1.29, 1.82) is 0 Å². The van der Waals surface area contributed by atoms with Crippen molar-refractivity contribution in [2.24, 2.45) is 7.05 Å². The fourth-order valence-corrected chi connectivity index (χ4v) is 3.87. The first-order valence-corrected chi connectivity index (χ1v) is 8.33. The van der Waals surface area contributed by atoms with E-state index in [-0.39, 0.29) is 0 Å². The maximum absolute atomic E-state index is 6.01. The Balaban J connectivity index is 1.90. The lowest BCUT2D eigenvalue weighted by Gasteiger charge is -2.45. The van der Waals surface area contributed by atoms with Gasteiger partial charge in [0.2, 0.25) is 0 Å². The molecule has 21 heavy (non-hydrogen) atoms. The molecule has 2 unspecified atom stereocenters. The molecule has 3 rings (SSSR count). The molecule has 118 valence electrons. The van der Waals surface area contributed by atoms with E-state index in [2.05, 4.69) is 40.9 Å². The molecule has 2 aliphatic rings. The van der Waals surface area contributed by atoms with Crippen LogP contribution in [0.1, 0.15) is 43.9 Å². The molecule has 1 saturated carbocycles. The summed E-state index contributed by atoms with van der Waals surface area (Å²) in [5, 5.41) is 8.13. The highest BCUT2D eigenvalue weighted by Gasteiger charge is 2.36. The molecule has 1 saturated heterocycles. The summed E-state index contributed by atoms with van der Waals surface area (Å²) < 4.78 is 8.08. The van der Waals surface area contributed by atoms with Crippen LogP contribution in [-0.2, 0) is 18.3 Å². The first-order chi connectivity index (χ1) is 10.2. The third-order valence-electron chi connectivity index (χ3n) is 4.87. The second kappa shape index (κ2) is 6.36. The number of rotatable bonds is 4. The summed E-state index contributed by atoms with van der Waals surface area (Å²) in [4.78, 5) is 2.57. The average Bonchev–Trinajstić information content (AvgIpc) is 2.78. The largest absolute Gasteiger partial charge is 0.374 e. The van der Waals surface area contributed by atoms with Gasteiger partial charge in [0, 0.05) is 25.7 Å². The number of nitrogens with zero attached hydrogens (tertiary/aromatic N) is 3. The van der Waals surface area contributed by atoms with E-state index in [0.29, 0.717) is 12.1 Å². The van der Waals surface area contributed by atoms with Gasteiger partial charge in [0.15, 0.2) is 0 Å². The van der Waals surface area contributed by atoms with E-state index < -0.39 is 0 Å². The molecule has 1 aromatic rings. The Morgan fingerprint density at radius 1 is 1.33 bits per heavy atom. The molecule has 5 nitrogen and oxygen atoms in total. The van der Waals surface area contributed by atoms with E-state index in [1.807, 2.05) is 0 Å². The first kappa shape index (κ1) is 14.9. The third-order valence-corrected chi connectivity index (χ3v) is 4.87. The van der Waals surface area contributed by atoms with Gasteiger partial charge in [-0.1, -0.05) is 19.8 Å². The van der Waals surface area contributed by atoms with Gasteiger partial charge in [-0.2, -0.15) is 5.10 Å². The number of fused-ring (bicyclic) bond motifs is 1. The van der Waals surface area contributed by atoms with Crippen LogP contribution in [0.5, 0.6) is 0 Å². The highest BCUT2D eigenvalue weighted by atomic mass is 16.5. The molecule has 1 aliphatic heterocycles. The van der Waals surface area contributed by atoms with Crippen LogP contribution in [0.4, 0.5) is 5.82 Å². The van der Waals surface area contributed by atoms with Crippen molar-refractivity contribution >= 4 is 5.82 Å². The summed E-state index contributed by atoms with van der Waals surface area (Å²) in [5.41, 5.74) is 2.50. The zero-order valence-corrected chi connectivity index (χ0v) is 13.6. The first-order valence-electron chi connectivity index (χ1n) is 8.33. The lowest BCUT2D eigenvalue weighted by atomic mass is 9.90. The standard InChI is InChI=1S/C16H28N4O/c1-4-17-11-13-12(2)18-19(3)16(13)20-9-10-21-15-8-6-5-7-14(15)20/h14-15,17H,4-11H2,1-3H3. The van der Waals surface area contributed by atoms with Crippen LogP contribution in [0.15, 0.2) is 0 Å². The molecule has 2 atom stereocenters.